The molecule has 5 heteroatoms. The lowest BCUT2D eigenvalue weighted by Gasteiger charge is -2.16. The fourth-order valence-corrected chi connectivity index (χ4v) is 1.67. The Labute approximate surface area is 115 Å². The maximum Gasteiger partial charge on any atom is 0.272 e. The third-order valence-electron chi connectivity index (χ3n) is 2.75. The average Bonchev–Trinajstić information content (AvgIpc) is 2.44. The highest BCUT2D eigenvalue weighted by Gasteiger charge is 2.13. The molecule has 0 spiro atoms. The lowest BCUT2D eigenvalue weighted by molar-refractivity contribution is 0.0773. The number of methoxy groups -OCH3 is 1. The van der Waals surface area contributed by atoms with Crippen molar-refractivity contribution in [3.05, 3.63) is 24.0 Å². The maximum atomic E-state index is 12.2. The fraction of sp³-hybridized carbons (Fsp3) is 0.571. The zero-order valence-corrected chi connectivity index (χ0v) is 12.0. The van der Waals surface area contributed by atoms with E-state index in [0.717, 1.165) is 25.1 Å². The minimum absolute atomic E-state index is 0.0590. The second-order valence-corrected chi connectivity index (χ2v) is 4.43. The number of carbonyl (C=O) groups excluding carboxylic acids is 1. The molecular formula is C14H23N3O2. The van der Waals surface area contributed by atoms with Crippen LogP contribution >= 0.6 is 0 Å². The second kappa shape index (κ2) is 8.48. The van der Waals surface area contributed by atoms with Crippen LogP contribution in [0.1, 0.15) is 30.3 Å². The summed E-state index contributed by atoms with van der Waals surface area (Å²) in [4.78, 5) is 18.0. The summed E-state index contributed by atoms with van der Waals surface area (Å²) in [6, 6.07) is 3.67. The number of nitrogens with zero attached hydrogens (tertiary/aromatic N) is 2. The van der Waals surface area contributed by atoms with E-state index in [-0.39, 0.29) is 5.91 Å². The van der Waals surface area contributed by atoms with Crippen molar-refractivity contribution in [1.82, 2.24) is 9.88 Å². The van der Waals surface area contributed by atoms with Crippen LogP contribution < -0.4 is 5.32 Å². The van der Waals surface area contributed by atoms with Gasteiger partial charge in [-0.05, 0) is 25.0 Å². The van der Waals surface area contributed by atoms with Crippen LogP contribution in [0.5, 0.6) is 0 Å². The summed E-state index contributed by atoms with van der Waals surface area (Å²) in [6.07, 6.45) is 3.53. The van der Waals surface area contributed by atoms with Gasteiger partial charge in [0.25, 0.3) is 5.91 Å². The number of ether oxygens (including phenoxy) is 1. The monoisotopic (exact) mass is 265 g/mol. The van der Waals surface area contributed by atoms with Crippen molar-refractivity contribution in [2.75, 3.05) is 39.2 Å². The zero-order valence-electron chi connectivity index (χ0n) is 12.0. The zero-order chi connectivity index (χ0) is 14.1. The van der Waals surface area contributed by atoms with Crippen LogP contribution in [-0.2, 0) is 4.74 Å². The van der Waals surface area contributed by atoms with E-state index in [1.165, 1.54) is 0 Å². The lowest BCUT2D eigenvalue weighted by atomic mass is 10.2. The highest BCUT2D eigenvalue weighted by atomic mass is 16.5. The van der Waals surface area contributed by atoms with Crippen LogP contribution in [0.3, 0.4) is 0 Å². The molecule has 106 valence electrons. The number of hydrogen-bond donors (Lipinski definition) is 1. The van der Waals surface area contributed by atoms with Gasteiger partial charge in [0.2, 0.25) is 0 Å². The fourth-order valence-electron chi connectivity index (χ4n) is 1.67. The third kappa shape index (κ3) is 5.26. The van der Waals surface area contributed by atoms with E-state index in [1.807, 2.05) is 6.07 Å². The normalized spacial score (nSPS) is 10.3. The molecule has 1 rings (SSSR count). The van der Waals surface area contributed by atoms with Gasteiger partial charge in [-0.1, -0.05) is 6.92 Å². The molecule has 19 heavy (non-hydrogen) atoms. The number of rotatable bonds is 8. The number of pyridine rings is 1. The van der Waals surface area contributed by atoms with Crippen LogP contribution in [0.2, 0.25) is 0 Å². The van der Waals surface area contributed by atoms with Crippen molar-refractivity contribution in [2.45, 2.75) is 19.8 Å². The number of hydrogen-bond acceptors (Lipinski definition) is 4. The lowest BCUT2D eigenvalue weighted by Crippen LogP contribution is -2.29. The number of aromatic nitrogens is 1. The first-order chi connectivity index (χ1) is 9.19. The summed E-state index contributed by atoms with van der Waals surface area (Å²) in [5.41, 5.74) is 1.41. The highest BCUT2D eigenvalue weighted by molar-refractivity contribution is 5.92. The van der Waals surface area contributed by atoms with Crippen LogP contribution in [-0.4, -0.2) is 49.6 Å². The molecule has 1 heterocycles. The first-order valence-electron chi connectivity index (χ1n) is 6.63. The van der Waals surface area contributed by atoms with Crippen molar-refractivity contribution in [3.63, 3.8) is 0 Å². The van der Waals surface area contributed by atoms with Gasteiger partial charge in [-0.3, -0.25) is 9.78 Å². The summed E-state index contributed by atoms with van der Waals surface area (Å²) in [5.74, 6) is -0.0590. The predicted octanol–water partition coefficient (Wildman–Crippen LogP) is 2.01. The van der Waals surface area contributed by atoms with E-state index < -0.39 is 0 Å². The Hall–Kier alpha value is -1.62. The van der Waals surface area contributed by atoms with Crippen molar-refractivity contribution in [3.8, 4) is 0 Å². The Morgan fingerprint density at radius 1 is 1.53 bits per heavy atom. The molecule has 0 aliphatic rings. The van der Waals surface area contributed by atoms with E-state index in [0.29, 0.717) is 18.8 Å². The minimum atomic E-state index is -0.0590. The number of carbonyl (C=O) groups is 1. The molecule has 0 atom stereocenters. The van der Waals surface area contributed by atoms with E-state index >= 15 is 0 Å². The Bertz CT molecular complexity index is 396. The largest absolute Gasteiger partial charge is 0.385 e. The Balaban J connectivity index is 2.60. The molecule has 1 amide bonds. The maximum absolute atomic E-state index is 12.2. The van der Waals surface area contributed by atoms with Crippen LogP contribution in [0.25, 0.3) is 0 Å². The Kier molecular flexibility index (Phi) is 6.89. The number of amides is 1. The second-order valence-electron chi connectivity index (χ2n) is 4.43. The molecule has 0 bridgehead atoms. The molecule has 0 aliphatic carbocycles. The van der Waals surface area contributed by atoms with Gasteiger partial charge in [0.1, 0.15) is 5.69 Å². The molecule has 0 radical (unpaired) electrons. The van der Waals surface area contributed by atoms with E-state index in [1.54, 1.807) is 31.3 Å². The summed E-state index contributed by atoms with van der Waals surface area (Å²) >= 11 is 0. The first-order valence-corrected chi connectivity index (χ1v) is 6.63. The van der Waals surface area contributed by atoms with Crippen LogP contribution in [0, 0.1) is 0 Å². The summed E-state index contributed by atoms with van der Waals surface area (Å²) < 4.78 is 4.98. The first kappa shape index (κ1) is 15.4. The van der Waals surface area contributed by atoms with E-state index in [4.69, 9.17) is 4.74 Å². The van der Waals surface area contributed by atoms with Gasteiger partial charge < -0.3 is 15.0 Å². The van der Waals surface area contributed by atoms with Gasteiger partial charge in [-0.2, -0.15) is 0 Å². The summed E-state index contributed by atoms with van der Waals surface area (Å²) in [6.45, 7) is 4.31. The molecular weight excluding hydrogens is 242 g/mol. The van der Waals surface area contributed by atoms with E-state index in [2.05, 4.69) is 17.2 Å². The summed E-state index contributed by atoms with van der Waals surface area (Å²) in [7, 11) is 3.44. The topological polar surface area (TPSA) is 54.5 Å². The molecule has 0 aromatic carbocycles. The molecule has 0 fully saturated rings. The SMILES string of the molecule is CCCNc1ccnc(C(=O)N(C)CCCOC)c1. The quantitative estimate of drug-likeness (QED) is 0.731. The minimum Gasteiger partial charge on any atom is -0.385 e. The van der Waals surface area contributed by atoms with Gasteiger partial charge in [0, 0.05) is 45.7 Å². The third-order valence-corrected chi connectivity index (χ3v) is 2.75. The smallest absolute Gasteiger partial charge is 0.272 e. The van der Waals surface area contributed by atoms with E-state index in [9.17, 15) is 4.79 Å². The molecule has 1 aromatic rings. The highest BCUT2D eigenvalue weighted by Crippen LogP contribution is 2.09. The van der Waals surface area contributed by atoms with Crippen molar-refractivity contribution in [1.29, 1.82) is 0 Å². The standard InChI is InChI=1S/C14H23N3O2/c1-4-7-15-12-6-8-16-13(11-12)14(18)17(2)9-5-10-19-3/h6,8,11H,4-5,7,9-10H2,1-3H3,(H,15,16). The van der Waals surface area contributed by atoms with Crippen LogP contribution in [0.4, 0.5) is 5.69 Å². The predicted molar refractivity (Wildman–Crippen MR) is 76.5 cm³/mol. The van der Waals surface area contributed by atoms with Gasteiger partial charge in [-0.25, -0.2) is 0 Å². The van der Waals surface area contributed by atoms with Gasteiger partial charge in [-0.15, -0.1) is 0 Å². The van der Waals surface area contributed by atoms with Gasteiger partial charge >= 0.3 is 0 Å². The molecule has 1 N–H and O–H groups in total. The van der Waals surface area contributed by atoms with Gasteiger partial charge in [0.05, 0.1) is 0 Å². The molecule has 1 aromatic heterocycles. The Morgan fingerprint density at radius 3 is 3.00 bits per heavy atom. The number of anilines is 1. The molecule has 0 aliphatic heterocycles. The van der Waals surface area contributed by atoms with Crippen molar-refractivity contribution < 1.29 is 9.53 Å². The average molecular weight is 265 g/mol. The van der Waals surface area contributed by atoms with Crippen LogP contribution in [0.15, 0.2) is 18.3 Å². The van der Waals surface area contributed by atoms with Crippen molar-refractivity contribution >= 4 is 11.6 Å². The van der Waals surface area contributed by atoms with Crippen molar-refractivity contribution in [2.24, 2.45) is 0 Å². The molecule has 0 unspecified atom stereocenters. The number of nitrogens with one attached hydrogen (secondary N) is 1. The molecule has 5 nitrogen and oxygen atoms in total. The molecule has 0 saturated heterocycles. The molecule has 0 saturated carbocycles. The Morgan fingerprint density at radius 2 is 2.32 bits per heavy atom. The summed E-state index contributed by atoms with van der Waals surface area (Å²) in [5, 5.41) is 3.25. The van der Waals surface area contributed by atoms with Gasteiger partial charge in [0.15, 0.2) is 0 Å².